The highest BCUT2D eigenvalue weighted by molar-refractivity contribution is 7.99. The van der Waals surface area contributed by atoms with Crippen LogP contribution in [0.1, 0.15) is 32.8 Å². The SMILES string of the molecule is CCOCCC(C)(C)SCc1ccccc1. The van der Waals surface area contributed by atoms with Gasteiger partial charge in [-0.25, -0.2) is 0 Å². The van der Waals surface area contributed by atoms with E-state index in [-0.39, 0.29) is 0 Å². The number of hydrogen-bond acceptors (Lipinski definition) is 2. The first-order chi connectivity index (χ1) is 7.64. The molecule has 1 aromatic carbocycles. The largest absolute Gasteiger partial charge is 0.382 e. The minimum Gasteiger partial charge on any atom is -0.382 e. The molecule has 0 saturated carbocycles. The van der Waals surface area contributed by atoms with Gasteiger partial charge in [-0.1, -0.05) is 44.2 Å². The summed E-state index contributed by atoms with van der Waals surface area (Å²) < 4.78 is 5.70. The average molecular weight is 238 g/mol. The van der Waals surface area contributed by atoms with Crippen molar-refractivity contribution in [2.75, 3.05) is 13.2 Å². The Morgan fingerprint density at radius 1 is 1.19 bits per heavy atom. The van der Waals surface area contributed by atoms with Gasteiger partial charge in [0.15, 0.2) is 0 Å². The summed E-state index contributed by atoms with van der Waals surface area (Å²) in [6, 6.07) is 10.6. The Balaban J connectivity index is 2.30. The lowest BCUT2D eigenvalue weighted by atomic mass is 10.1. The van der Waals surface area contributed by atoms with E-state index in [4.69, 9.17) is 4.74 Å². The van der Waals surface area contributed by atoms with Gasteiger partial charge in [0.1, 0.15) is 0 Å². The predicted octanol–water partition coefficient (Wildman–Crippen LogP) is 4.13. The van der Waals surface area contributed by atoms with Crippen molar-refractivity contribution in [3.05, 3.63) is 35.9 Å². The summed E-state index contributed by atoms with van der Waals surface area (Å²) in [5, 5.41) is 0. The van der Waals surface area contributed by atoms with Crippen molar-refractivity contribution >= 4 is 11.8 Å². The van der Waals surface area contributed by atoms with Crippen LogP contribution in [0, 0.1) is 0 Å². The minimum atomic E-state index is 0.297. The Kier molecular flexibility index (Phi) is 5.93. The van der Waals surface area contributed by atoms with Crippen LogP contribution in [0.3, 0.4) is 0 Å². The van der Waals surface area contributed by atoms with Gasteiger partial charge in [-0.3, -0.25) is 0 Å². The fraction of sp³-hybridized carbons (Fsp3) is 0.571. The van der Waals surface area contributed by atoms with Gasteiger partial charge in [0.2, 0.25) is 0 Å². The molecule has 0 fully saturated rings. The van der Waals surface area contributed by atoms with Crippen molar-refractivity contribution in [3.63, 3.8) is 0 Å². The van der Waals surface area contributed by atoms with E-state index in [0.29, 0.717) is 4.75 Å². The first-order valence-corrected chi connectivity index (χ1v) is 6.88. The van der Waals surface area contributed by atoms with E-state index in [0.717, 1.165) is 25.4 Å². The van der Waals surface area contributed by atoms with E-state index in [1.807, 2.05) is 18.7 Å². The molecule has 0 aliphatic carbocycles. The number of hydrogen-bond donors (Lipinski definition) is 0. The second kappa shape index (κ2) is 6.97. The zero-order valence-electron chi connectivity index (χ0n) is 10.5. The van der Waals surface area contributed by atoms with Crippen molar-refractivity contribution in [2.24, 2.45) is 0 Å². The molecule has 0 saturated heterocycles. The van der Waals surface area contributed by atoms with E-state index in [9.17, 15) is 0 Å². The first-order valence-electron chi connectivity index (χ1n) is 5.90. The Bertz CT molecular complexity index is 282. The lowest BCUT2D eigenvalue weighted by Gasteiger charge is -2.23. The normalized spacial score (nSPS) is 11.7. The molecule has 0 amide bonds. The maximum atomic E-state index is 5.41. The third kappa shape index (κ3) is 5.57. The molecule has 0 aliphatic rings. The summed E-state index contributed by atoms with van der Waals surface area (Å²) in [7, 11) is 0. The van der Waals surface area contributed by atoms with Gasteiger partial charge in [-0.15, -0.1) is 0 Å². The number of rotatable bonds is 7. The second-order valence-electron chi connectivity index (χ2n) is 4.48. The standard InChI is InChI=1S/C14H22OS/c1-4-15-11-10-14(2,3)16-12-13-8-6-5-7-9-13/h5-9H,4,10-12H2,1-3H3. The molecule has 16 heavy (non-hydrogen) atoms. The Morgan fingerprint density at radius 3 is 2.50 bits per heavy atom. The minimum absolute atomic E-state index is 0.297. The summed E-state index contributed by atoms with van der Waals surface area (Å²) in [5.74, 6) is 1.08. The van der Waals surface area contributed by atoms with Crippen molar-refractivity contribution in [1.29, 1.82) is 0 Å². The van der Waals surface area contributed by atoms with Crippen LogP contribution in [-0.2, 0) is 10.5 Å². The monoisotopic (exact) mass is 238 g/mol. The third-order valence-electron chi connectivity index (χ3n) is 2.52. The van der Waals surface area contributed by atoms with Crippen LogP contribution in [0.25, 0.3) is 0 Å². The Morgan fingerprint density at radius 2 is 1.88 bits per heavy atom. The quantitative estimate of drug-likeness (QED) is 0.661. The van der Waals surface area contributed by atoms with Crippen LogP contribution in [0.15, 0.2) is 30.3 Å². The molecule has 2 heteroatoms. The molecule has 0 radical (unpaired) electrons. The molecule has 1 nitrogen and oxygen atoms in total. The van der Waals surface area contributed by atoms with Crippen molar-refractivity contribution in [1.82, 2.24) is 0 Å². The molecule has 1 rings (SSSR count). The Labute approximate surface area is 104 Å². The highest BCUT2D eigenvalue weighted by Gasteiger charge is 2.17. The molecule has 90 valence electrons. The molecule has 0 N–H and O–H groups in total. The van der Waals surface area contributed by atoms with Crippen molar-refractivity contribution in [2.45, 2.75) is 37.7 Å². The van der Waals surface area contributed by atoms with Gasteiger partial charge in [0.25, 0.3) is 0 Å². The fourth-order valence-corrected chi connectivity index (χ4v) is 2.36. The summed E-state index contributed by atoms with van der Waals surface area (Å²) in [6.07, 6.45) is 1.11. The van der Waals surface area contributed by atoms with Crippen LogP contribution in [0.5, 0.6) is 0 Å². The van der Waals surface area contributed by atoms with Crippen LogP contribution in [0.2, 0.25) is 0 Å². The van der Waals surface area contributed by atoms with Gasteiger partial charge in [0, 0.05) is 23.7 Å². The zero-order valence-corrected chi connectivity index (χ0v) is 11.3. The molecule has 0 atom stereocenters. The number of benzene rings is 1. The molecular formula is C14H22OS. The van der Waals surface area contributed by atoms with Gasteiger partial charge in [0.05, 0.1) is 0 Å². The molecule has 0 spiro atoms. The topological polar surface area (TPSA) is 9.23 Å². The van der Waals surface area contributed by atoms with Gasteiger partial charge < -0.3 is 4.74 Å². The van der Waals surface area contributed by atoms with E-state index < -0.39 is 0 Å². The molecule has 0 aromatic heterocycles. The van der Waals surface area contributed by atoms with E-state index in [1.54, 1.807) is 0 Å². The number of ether oxygens (including phenoxy) is 1. The highest BCUT2D eigenvalue weighted by Crippen LogP contribution is 2.30. The smallest absolute Gasteiger partial charge is 0.0478 e. The van der Waals surface area contributed by atoms with Crippen LogP contribution >= 0.6 is 11.8 Å². The van der Waals surface area contributed by atoms with E-state index >= 15 is 0 Å². The van der Waals surface area contributed by atoms with Gasteiger partial charge in [-0.05, 0) is 18.9 Å². The summed E-state index contributed by atoms with van der Waals surface area (Å²) >= 11 is 2.00. The third-order valence-corrected chi connectivity index (χ3v) is 3.99. The van der Waals surface area contributed by atoms with Gasteiger partial charge in [-0.2, -0.15) is 11.8 Å². The molecular weight excluding hydrogens is 216 g/mol. The molecule has 0 aliphatic heterocycles. The van der Waals surface area contributed by atoms with Crippen LogP contribution in [-0.4, -0.2) is 18.0 Å². The summed E-state index contributed by atoms with van der Waals surface area (Å²) in [6.45, 7) is 8.31. The molecule has 0 heterocycles. The first kappa shape index (κ1) is 13.6. The number of thioether (sulfide) groups is 1. The molecule has 0 bridgehead atoms. The maximum Gasteiger partial charge on any atom is 0.0478 e. The predicted molar refractivity (Wildman–Crippen MR) is 72.9 cm³/mol. The maximum absolute atomic E-state index is 5.41. The second-order valence-corrected chi connectivity index (χ2v) is 6.16. The molecule has 1 aromatic rings. The average Bonchev–Trinajstić information content (AvgIpc) is 2.28. The lowest BCUT2D eigenvalue weighted by Crippen LogP contribution is -2.18. The summed E-state index contributed by atoms with van der Waals surface area (Å²) in [5.41, 5.74) is 1.40. The fourth-order valence-electron chi connectivity index (χ4n) is 1.39. The Hall–Kier alpha value is -0.470. The van der Waals surface area contributed by atoms with Crippen molar-refractivity contribution < 1.29 is 4.74 Å². The zero-order chi connectivity index (χ0) is 11.9. The van der Waals surface area contributed by atoms with E-state index in [1.165, 1.54) is 5.56 Å². The van der Waals surface area contributed by atoms with Gasteiger partial charge >= 0.3 is 0 Å². The van der Waals surface area contributed by atoms with E-state index in [2.05, 4.69) is 44.2 Å². The highest BCUT2D eigenvalue weighted by atomic mass is 32.2. The lowest BCUT2D eigenvalue weighted by molar-refractivity contribution is 0.139. The molecule has 0 unspecified atom stereocenters. The van der Waals surface area contributed by atoms with Crippen LogP contribution < -0.4 is 0 Å². The summed E-state index contributed by atoms with van der Waals surface area (Å²) in [4.78, 5) is 0. The van der Waals surface area contributed by atoms with Crippen molar-refractivity contribution in [3.8, 4) is 0 Å². The van der Waals surface area contributed by atoms with Crippen LogP contribution in [0.4, 0.5) is 0 Å².